The van der Waals surface area contributed by atoms with Crippen LogP contribution in [0.15, 0.2) is 24.3 Å². The van der Waals surface area contributed by atoms with Crippen LogP contribution in [0.1, 0.15) is 44.7 Å². The maximum absolute atomic E-state index is 12.2. The van der Waals surface area contributed by atoms with E-state index in [1.807, 2.05) is 6.92 Å². The van der Waals surface area contributed by atoms with Gasteiger partial charge in [0.15, 0.2) is 0 Å². The second-order valence-electron chi connectivity index (χ2n) is 4.93. The van der Waals surface area contributed by atoms with Crippen molar-refractivity contribution in [3.05, 3.63) is 29.8 Å². The molecular weight excluding hydrogens is 278 g/mol. The third-order valence-corrected chi connectivity index (χ3v) is 3.15. The van der Waals surface area contributed by atoms with Crippen molar-refractivity contribution in [3.63, 3.8) is 0 Å². The smallest absolute Gasteiger partial charge is 0.387 e. The summed E-state index contributed by atoms with van der Waals surface area (Å²) in [7, 11) is 0. The summed E-state index contributed by atoms with van der Waals surface area (Å²) in [5.74, 6) is -0.171. The Kier molecular flexibility index (Phi) is 7.08. The van der Waals surface area contributed by atoms with Gasteiger partial charge in [0.2, 0.25) is 5.91 Å². The van der Waals surface area contributed by atoms with E-state index in [0.717, 1.165) is 12.8 Å². The second kappa shape index (κ2) is 8.56. The Morgan fingerprint density at radius 3 is 2.76 bits per heavy atom. The SMILES string of the molecule is CCCC[C@H](N)C(=O)NC(C)c1cccc(OC(F)F)c1. The fourth-order valence-electron chi connectivity index (χ4n) is 1.92. The van der Waals surface area contributed by atoms with Crippen LogP contribution in [0.5, 0.6) is 5.75 Å². The minimum atomic E-state index is -2.87. The molecule has 0 saturated carbocycles. The summed E-state index contributed by atoms with van der Waals surface area (Å²) in [5.41, 5.74) is 6.47. The van der Waals surface area contributed by atoms with Gasteiger partial charge in [0.05, 0.1) is 12.1 Å². The summed E-state index contributed by atoms with van der Waals surface area (Å²) in [5, 5.41) is 2.78. The molecule has 118 valence electrons. The zero-order valence-electron chi connectivity index (χ0n) is 12.3. The van der Waals surface area contributed by atoms with E-state index >= 15 is 0 Å². The number of amides is 1. The number of nitrogens with one attached hydrogen (secondary N) is 1. The van der Waals surface area contributed by atoms with E-state index in [2.05, 4.69) is 10.1 Å². The predicted octanol–water partition coefficient (Wildman–Crippen LogP) is 2.98. The molecule has 0 aromatic heterocycles. The number of hydrogen-bond donors (Lipinski definition) is 2. The molecule has 0 heterocycles. The molecule has 0 aliphatic heterocycles. The predicted molar refractivity (Wildman–Crippen MR) is 77.1 cm³/mol. The molecular formula is C15H22F2N2O2. The van der Waals surface area contributed by atoms with Crippen molar-refractivity contribution < 1.29 is 18.3 Å². The highest BCUT2D eigenvalue weighted by Gasteiger charge is 2.16. The second-order valence-corrected chi connectivity index (χ2v) is 4.93. The van der Waals surface area contributed by atoms with Gasteiger partial charge >= 0.3 is 6.61 Å². The number of benzene rings is 1. The van der Waals surface area contributed by atoms with Crippen LogP contribution in [0.4, 0.5) is 8.78 Å². The standard InChI is InChI=1S/C15H22F2N2O2/c1-3-4-8-13(18)14(20)19-10(2)11-6-5-7-12(9-11)21-15(16)17/h5-7,9-10,13,15H,3-4,8,18H2,1-2H3,(H,19,20)/t10?,13-/m0/s1. The van der Waals surface area contributed by atoms with E-state index in [1.165, 1.54) is 12.1 Å². The van der Waals surface area contributed by atoms with Crippen molar-refractivity contribution in [1.82, 2.24) is 5.32 Å². The molecule has 0 aliphatic carbocycles. The van der Waals surface area contributed by atoms with Crippen LogP contribution >= 0.6 is 0 Å². The Hall–Kier alpha value is -1.69. The summed E-state index contributed by atoms with van der Waals surface area (Å²) >= 11 is 0. The highest BCUT2D eigenvalue weighted by Crippen LogP contribution is 2.20. The number of alkyl halides is 2. The van der Waals surface area contributed by atoms with Crippen LogP contribution in [-0.4, -0.2) is 18.6 Å². The first-order valence-corrected chi connectivity index (χ1v) is 7.04. The van der Waals surface area contributed by atoms with E-state index in [-0.39, 0.29) is 17.7 Å². The lowest BCUT2D eigenvalue weighted by Gasteiger charge is -2.18. The molecule has 0 radical (unpaired) electrons. The number of unbranched alkanes of at least 4 members (excludes halogenated alkanes) is 1. The van der Waals surface area contributed by atoms with Crippen molar-refractivity contribution in [1.29, 1.82) is 0 Å². The number of nitrogens with two attached hydrogens (primary N) is 1. The van der Waals surface area contributed by atoms with Gasteiger partial charge < -0.3 is 15.8 Å². The minimum absolute atomic E-state index is 0.0684. The number of rotatable bonds is 8. The minimum Gasteiger partial charge on any atom is -0.435 e. The first kappa shape index (κ1) is 17.4. The van der Waals surface area contributed by atoms with Crippen molar-refractivity contribution in [2.45, 2.75) is 51.8 Å². The molecule has 1 rings (SSSR count). The van der Waals surface area contributed by atoms with Gasteiger partial charge in [0.25, 0.3) is 0 Å². The van der Waals surface area contributed by atoms with E-state index in [9.17, 15) is 13.6 Å². The normalized spacial score (nSPS) is 13.8. The van der Waals surface area contributed by atoms with Gasteiger partial charge in [-0.3, -0.25) is 4.79 Å². The van der Waals surface area contributed by atoms with Crippen LogP contribution in [0.25, 0.3) is 0 Å². The topological polar surface area (TPSA) is 64.4 Å². The number of halogens is 2. The number of hydrogen-bond acceptors (Lipinski definition) is 3. The Balaban J connectivity index is 2.62. The first-order valence-electron chi connectivity index (χ1n) is 7.04. The average molecular weight is 300 g/mol. The molecule has 0 aliphatic rings. The quantitative estimate of drug-likeness (QED) is 0.775. The molecule has 0 saturated heterocycles. The lowest BCUT2D eigenvalue weighted by molar-refractivity contribution is -0.123. The zero-order valence-corrected chi connectivity index (χ0v) is 12.3. The van der Waals surface area contributed by atoms with Crippen LogP contribution < -0.4 is 15.8 Å². The van der Waals surface area contributed by atoms with Crippen LogP contribution in [0.3, 0.4) is 0 Å². The van der Waals surface area contributed by atoms with E-state index in [4.69, 9.17) is 5.73 Å². The van der Waals surface area contributed by atoms with E-state index < -0.39 is 12.7 Å². The van der Waals surface area contributed by atoms with Gasteiger partial charge in [-0.1, -0.05) is 31.9 Å². The van der Waals surface area contributed by atoms with Gasteiger partial charge in [-0.25, -0.2) is 0 Å². The monoisotopic (exact) mass is 300 g/mol. The molecule has 21 heavy (non-hydrogen) atoms. The molecule has 0 spiro atoms. The third-order valence-electron chi connectivity index (χ3n) is 3.15. The molecule has 1 amide bonds. The largest absolute Gasteiger partial charge is 0.435 e. The summed E-state index contributed by atoms with van der Waals surface area (Å²) in [6, 6.07) is 5.39. The number of carbonyl (C=O) groups excluding carboxylic acids is 1. The Labute approximate surface area is 123 Å². The lowest BCUT2D eigenvalue weighted by Crippen LogP contribution is -2.41. The third kappa shape index (κ3) is 6.08. The molecule has 0 bridgehead atoms. The molecule has 4 nitrogen and oxygen atoms in total. The first-order chi connectivity index (χ1) is 9.93. The van der Waals surface area contributed by atoms with Gasteiger partial charge in [-0.2, -0.15) is 8.78 Å². The zero-order chi connectivity index (χ0) is 15.8. The van der Waals surface area contributed by atoms with Crippen LogP contribution in [0, 0.1) is 0 Å². The number of ether oxygens (including phenoxy) is 1. The Morgan fingerprint density at radius 2 is 2.14 bits per heavy atom. The fraction of sp³-hybridized carbons (Fsp3) is 0.533. The highest BCUT2D eigenvalue weighted by atomic mass is 19.3. The molecule has 0 fully saturated rings. The van der Waals surface area contributed by atoms with Crippen molar-refractivity contribution in [3.8, 4) is 5.75 Å². The van der Waals surface area contributed by atoms with Crippen LogP contribution in [-0.2, 0) is 4.79 Å². The van der Waals surface area contributed by atoms with Gasteiger partial charge in [0, 0.05) is 0 Å². The molecule has 2 atom stereocenters. The lowest BCUT2D eigenvalue weighted by atomic mass is 10.1. The van der Waals surface area contributed by atoms with Crippen LogP contribution in [0.2, 0.25) is 0 Å². The molecule has 6 heteroatoms. The van der Waals surface area contributed by atoms with E-state index in [1.54, 1.807) is 19.1 Å². The summed E-state index contributed by atoms with van der Waals surface area (Å²) in [4.78, 5) is 11.9. The van der Waals surface area contributed by atoms with Gasteiger partial charge in [-0.05, 0) is 31.0 Å². The molecule has 3 N–H and O–H groups in total. The maximum Gasteiger partial charge on any atom is 0.387 e. The Bertz CT molecular complexity index is 455. The van der Waals surface area contributed by atoms with Crippen molar-refractivity contribution in [2.24, 2.45) is 5.73 Å². The summed E-state index contributed by atoms with van der Waals surface area (Å²) in [6.07, 6.45) is 2.49. The van der Waals surface area contributed by atoms with E-state index in [0.29, 0.717) is 12.0 Å². The van der Waals surface area contributed by atoms with Crippen molar-refractivity contribution >= 4 is 5.91 Å². The highest BCUT2D eigenvalue weighted by molar-refractivity contribution is 5.81. The molecule has 1 unspecified atom stereocenters. The average Bonchev–Trinajstić information content (AvgIpc) is 2.44. The van der Waals surface area contributed by atoms with Gasteiger partial charge in [-0.15, -0.1) is 0 Å². The van der Waals surface area contributed by atoms with Crippen molar-refractivity contribution in [2.75, 3.05) is 0 Å². The molecule has 1 aromatic rings. The maximum atomic E-state index is 12.2. The summed E-state index contributed by atoms with van der Waals surface area (Å²) in [6.45, 7) is 0.931. The number of carbonyl (C=O) groups is 1. The fourth-order valence-corrected chi connectivity index (χ4v) is 1.92. The van der Waals surface area contributed by atoms with Gasteiger partial charge in [0.1, 0.15) is 5.75 Å². The molecule has 1 aromatic carbocycles. The summed E-state index contributed by atoms with van der Waals surface area (Å²) < 4.78 is 28.7. The Morgan fingerprint density at radius 1 is 1.43 bits per heavy atom.